The van der Waals surface area contributed by atoms with Gasteiger partial charge < -0.3 is 24.5 Å². The maximum Gasteiger partial charge on any atom is 0.407 e. The Morgan fingerprint density at radius 3 is 2.28 bits per heavy atom. The predicted molar refractivity (Wildman–Crippen MR) is 148 cm³/mol. The number of carbonyl (C=O) groups is 6. The summed E-state index contributed by atoms with van der Waals surface area (Å²) in [5.74, 6) is 5.44. The molecule has 234 valence electrons. The Bertz CT molecular complexity index is 1170. The fourth-order valence-corrected chi connectivity index (χ4v) is 6.11. The molecular weight excluding hydrogens is 560 g/mol. The van der Waals surface area contributed by atoms with E-state index in [4.69, 9.17) is 14.3 Å². The van der Waals surface area contributed by atoms with Gasteiger partial charge in [0, 0.05) is 58.3 Å². The normalized spacial score (nSPS) is 27.6. The lowest BCUT2D eigenvalue weighted by molar-refractivity contribution is -0.199. The van der Waals surface area contributed by atoms with Gasteiger partial charge in [-0.05, 0) is 50.4 Å². The van der Waals surface area contributed by atoms with Crippen LogP contribution >= 0.6 is 0 Å². The van der Waals surface area contributed by atoms with E-state index in [-0.39, 0.29) is 63.9 Å². The smallest absolute Gasteiger partial charge is 0.407 e. The van der Waals surface area contributed by atoms with Crippen LogP contribution in [-0.4, -0.2) is 103 Å². The van der Waals surface area contributed by atoms with E-state index in [0.29, 0.717) is 36.0 Å². The molecule has 0 spiro atoms. The first-order chi connectivity index (χ1) is 20.6. The van der Waals surface area contributed by atoms with E-state index in [9.17, 15) is 28.8 Å². The zero-order valence-corrected chi connectivity index (χ0v) is 24.6. The summed E-state index contributed by atoms with van der Waals surface area (Å²) in [6, 6.07) is -0.500. The number of amides is 4. The van der Waals surface area contributed by atoms with Crippen LogP contribution in [0.4, 0.5) is 4.79 Å². The summed E-state index contributed by atoms with van der Waals surface area (Å²) < 4.78 is 11.0. The molecule has 0 aromatic rings. The number of alkyl carbamates (subject to hydrolysis) is 1. The van der Waals surface area contributed by atoms with E-state index in [1.54, 1.807) is 9.80 Å². The molecule has 4 atom stereocenters. The van der Waals surface area contributed by atoms with Crippen LogP contribution in [0.15, 0.2) is 0 Å². The molecule has 2 heterocycles. The third-order valence-corrected chi connectivity index (χ3v) is 9.24. The Kier molecular flexibility index (Phi) is 9.54. The highest BCUT2D eigenvalue weighted by atomic mass is 16.7. The average molecular weight is 601 g/mol. The van der Waals surface area contributed by atoms with Gasteiger partial charge in [-0.3, -0.25) is 24.1 Å². The monoisotopic (exact) mass is 600 g/mol. The number of nitrogens with zero attached hydrogens (tertiary/aromatic N) is 3. The maximum atomic E-state index is 13.0. The van der Waals surface area contributed by atoms with Crippen molar-refractivity contribution in [1.29, 1.82) is 0 Å². The minimum atomic E-state index is -0.790. The Morgan fingerprint density at radius 2 is 1.63 bits per heavy atom. The van der Waals surface area contributed by atoms with Crippen molar-refractivity contribution in [3.63, 3.8) is 0 Å². The van der Waals surface area contributed by atoms with E-state index >= 15 is 0 Å². The standard InChI is InChI=1S/C30H40N4O9/c1-30(11-12-30)28(39)41-18-20-16-33(15-14-32(20)17-27(38)43-34-25(36)8-9-26(34)37)24(35)10-13-31-29(40)42-19-23-21-6-4-2-3-5-7-22(21)23/h20-23H,4-19H2,1H3,(H,31,40)/t20?,21-,22+,23?. The van der Waals surface area contributed by atoms with Gasteiger partial charge >= 0.3 is 18.0 Å². The van der Waals surface area contributed by atoms with Crippen LogP contribution in [0.25, 0.3) is 0 Å². The Balaban J connectivity index is 1.06. The van der Waals surface area contributed by atoms with Crippen LogP contribution < -0.4 is 5.32 Å². The molecule has 0 aromatic carbocycles. The van der Waals surface area contributed by atoms with Crippen LogP contribution in [0.2, 0.25) is 0 Å². The van der Waals surface area contributed by atoms with Gasteiger partial charge in [-0.15, -0.1) is 16.9 Å². The largest absolute Gasteiger partial charge is 0.464 e. The number of nitrogens with one attached hydrogen (secondary N) is 1. The fourth-order valence-electron chi connectivity index (χ4n) is 6.11. The summed E-state index contributed by atoms with van der Waals surface area (Å²) in [6.07, 6.45) is 4.90. The Hall–Kier alpha value is -3.66. The minimum absolute atomic E-state index is 0.00585. The molecule has 3 aliphatic carbocycles. The summed E-state index contributed by atoms with van der Waals surface area (Å²) in [6.45, 7) is 2.81. The molecule has 2 saturated heterocycles. The van der Waals surface area contributed by atoms with Crippen molar-refractivity contribution in [2.24, 2.45) is 23.2 Å². The quantitative estimate of drug-likeness (QED) is 0.207. The van der Waals surface area contributed by atoms with E-state index in [0.717, 1.165) is 38.5 Å². The first kappa shape index (κ1) is 30.8. The number of hydrogen-bond acceptors (Lipinski definition) is 10. The fraction of sp³-hybridized carbons (Fsp3) is 0.733. The van der Waals surface area contributed by atoms with Gasteiger partial charge in [0.2, 0.25) is 5.91 Å². The second kappa shape index (κ2) is 13.3. The van der Waals surface area contributed by atoms with Crippen LogP contribution in [0, 0.1) is 35.0 Å². The highest BCUT2D eigenvalue weighted by molar-refractivity contribution is 6.01. The summed E-state index contributed by atoms with van der Waals surface area (Å²) in [7, 11) is 0. The van der Waals surface area contributed by atoms with Gasteiger partial charge in [0.15, 0.2) is 0 Å². The molecule has 4 fully saturated rings. The first-order valence-corrected chi connectivity index (χ1v) is 15.3. The van der Waals surface area contributed by atoms with Crippen molar-refractivity contribution in [1.82, 2.24) is 20.2 Å². The van der Waals surface area contributed by atoms with Crippen LogP contribution in [0.1, 0.15) is 64.7 Å². The van der Waals surface area contributed by atoms with Crippen molar-refractivity contribution >= 4 is 35.8 Å². The average Bonchev–Trinajstić information content (AvgIpc) is 3.85. The zero-order valence-electron chi connectivity index (χ0n) is 24.6. The molecule has 2 saturated carbocycles. The van der Waals surface area contributed by atoms with Crippen molar-refractivity contribution in [3.05, 3.63) is 0 Å². The molecule has 0 radical (unpaired) electrons. The minimum Gasteiger partial charge on any atom is -0.464 e. The number of hydroxylamine groups is 2. The molecule has 43 heavy (non-hydrogen) atoms. The number of fused-ring (bicyclic) bond motifs is 1. The SMILES string of the molecule is CC1(C(=O)OCC2CN(C(=O)CCNC(=O)OCC3[C@H]4CCC#CCC[C@@H]34)CCN2CC(=O)ON2C(=O)CCC2=O)CC1. The highest BCUT2D eigenvalue weighted by Gasteiger charge is 2.49. The van der Waals surface area contributed by atoms with E-state index in [1.807, 2.05) is 6.92 Å². The number of hydrogen-bond donors (Lipinski definition) is 1. The van der Waals surface area contributed by atoms with Gasteiger partial charge in [0.1, 0.15) is 6.61 Å². The summed E-state index contributed by atoms with van der Waals surface area (Å²) in [5.41, 5.74) is -0.491. The maximum absolute atomic E-state index is 13.0. The number of piperazine rings is 1. The lowest BCUT2D eigenvalue weighted by Gasteiger charge is -2.40. The zero-order chi connectivity index (χ0) is 30.6. The molecular formula is C30H40N4O9. The molecule has 1 N–H and O–H groups in total. The molecule has 0 bridgehead atoms. The van der Waals surface area contributed by atoms with E-state index < -0.39 is 35.3 Å². The molecule has 5 rings (SSSR count). The third-order valence-electron chi connectivity index (χ3n) is 9.24. The van der Waals surface area contributed by atoms with Crippen molar-refractivity contribution in [3.8, 4) is 11.8 Å². The summed E-state index contributed by atoms with van der Waals surface area (Å²) >= 11 is 0. The molecule has 2 unspecified atom stereocenters. The van der Waals surface area contributed by atoms with Crippen molar-refractivity contribution in [2.75, 3.05) is 45.9 Å². The molecule has 13 nitrogen and oxygen atoms in total. The summed E-state index contributed by atoms with van der Waals surface area (Å²) in [5, 5.41) is 3.16. The van der Waals surface area contributed by atoms with Gasteiger partial charge in [-0.2, -0.15) is 0 Å². The van der Waals surface area contributed by atoms with Crippen molar-refractivity contribution < 1.29 is 43.1 Å². The van der Waals surface area contributed by atoms with Gasteiger partial charge in [-0.25, -0.2) is 9.59 Å². The van der Waals surface area contributed by atoms with Gasteiger partial charge in [0.25, 0.3) is 11.8 Å². The Morgan fingerprint density at radius 1 is 0.953 bits per heavy atom. The molecule has 13 heteroatoms. The number of rotatable bonds is 11. The number of imide groups is 1. The lowest BCUT2D eigenvalue weighted by Crippen LogP contribution is -2.58. The second-order valence-electron chi connectivity index (χ2n) is 12.4. The molecule has 0 aromatic heterocycles. The molecule has 5 aliphatic rings. The van der Waals surface area contributed by atoms with Crippen LogP contribution in [-0.2, 0) is 38.3 Å². The predicted octanol–water partition coefficient (Wildman–Crippen LogP) is 1.01. The number of ether oxygens (including phenoxy) is 2. The second-order valence-corrected chi connectivity index (χ2v) is 12.4. The number of esters is 1. The van der Waals surface area contributed by atoms with Crippen LogP contribution in [0.5, 0.6) is 0 Å². The van der Waals surface area contributed by atoms with Gasteiger partial charge in [-0.1, -0.05) is 0 Å². The van der Waals surface area contributed by atoms with Crippen LogP contribution in [0.3, 0.4) is 0 Å². The summed E-state index contributed by atoms with van der Waals surface area (Å²) in [4.78, 5) is 82.3. The topological polar surface area (TPSA) is 152 Å². The number of carbonyl (C=O) groups excluding carboxylic acids is 6. The third kappa shape index (κ3) is 7.84. The first-order valence-electron chi connectivity index (χ1n) is 15.3. The highest BCUT2D eigenvalue weighted by Crippen LogP contribution is 2.52. The van der Waals surface area contributed by atoms with Gasteiger partial charge in [0.05, 0.1) is 24.6 Å². The van der Waals surface area contributed by atoms with E-state index in [2.05, 4.69) is 17.2 Å². The molecule has 2 aliphatic heterocycles. The Labute approximate surface area is 250 Å². The lowest BCUT2D eigenvalue weighted by atomic mass is 10.1. The van der Waals surface area contributed by atoms with Crippen molar-refractivity contribution in [2.45, 2.75) is 70.8 Å². The van der Waals surface area contributed by atoms with E-state index in [1.165, 1.54) is 0 Å². The molecule has 4 amide bonds.